The summed E-state index contributed by atoms with van der Waals surface area (Å²) in [6.45, 7) is 0. The fraction of sp³-hybridized carbons (Fsp3) is 0.0968. The zero-order chi connectivity index (χ0) is 20.9. The molecule has 0 bridgehead atoms. The molecule has 0 radical (unpaired) electrons. The minimum absolute atomic E-state index is 0. The first-order chi connectivity index (χ1) is 15.4. The maximum absolute atomic E-state index is 3.62. The summed E-state index contributed by atoms with van der Waals surface area (Å²) in [5, 5.41) is 0. The van der Waals surface area contributed by atoms with Crippen LogP contribution >= 0.6 is 0 Å². The van der Waals surface area contributed by atoms with E-state index >= 15 is 0 Å². The van der Waals surface area contributed by atoms with Crippen LogP contribution in [0.5, 0.6) is 0 Å². The third kappa shape index (κ3) is 6.20. The van der Waals surface area contributed by atoms with Crippen molar-refractivity contribution in [2.75, 3.05) is 0 Å². The van der Waals surface area contributed by atoms with E-state index in [1.807, 2.05) is 0 Å². The second kappa shape index (κ2) is 14.5. The smallest absolute Gasteiger partial charge is 1.00 e. The number of halogens is 3. The molecular weight excluding hydrogens is 527 g/mol. The van der Waals surface area contributed by atoms with E-state index in [1.54, 1.807) is 0 Å². The van der Waals surface area contributed by atoms with Gasteiger partial charge in [-0.1, -0.05) is 128 Å². The van der Waals surface area contributed by atoms with Gasteiger partial charge >= 0.3 is 21.7 Å². The quantitative estimate of drug-likeness (QED) is 0.153. The first-order valence-electron chi connectivity index (χ1n) is 10.9. The maximum atomic E-state index is 3.62. The summed E-state index contributed by atoms with van der Waals surface area (Å²) in [4.78, 5) is 0. The summed E-state index contributed by atoms with van der Waals surface area (Å²) >= 11 is 0. The summed E-state index contributed by atoms with van der Waals surface area (Å²) in [6.07, 6.45) is 7.62. The minimum Gasteiger partial charge on any atom is -1.00 e. The van der Waals surface area contributed by atoms with Gasteiger partial charge in [0, 0.05) is 5.41 Å². The van der Waals surface area contributed by atoms with E-state index in [2.05, 4.69) is 133 Å². The Morgan fingerprint density at radius 1 is 0.543 bits per heavy atom. The Labute approximate surface area is 242 Å². The molecule has 174 valence electrons. The van der Waals surface area contributed by atoms with Crippen LogP contribution in [-0.4, -0.2) is 0 Å². The van der Waals surface area contributed by atoms with Crippen molar-refractivity contribution in [3.8, 4) is 0 Å². The molecule has 0 aromatic heterocycles. The van der Waals surface area contributed by atoms with Gasteiger partial charge in [-0.05, 0) is 28.7 Å². The SMILES string of the molecule is [C-]1=CCC(C(c2ccccc2)(c2ccccc2)c2ccccc2)=C1Cc1ccccc1.[Cl-].[Cl-].[Cl-].[Ti+4]. The zero-order valence-corrected chi connectivity index (χ0v) is 23.0. The Morgan fingerprint density at radius 3 is 1.31 bits per heavy atom. The van der Waals surface area contributed by atoms with Crippen LogP contribution in [0.2, 0.25) is 0 Å². The summed E-state index contributed by atoms with van der Waals surface area (Å²) in [5.41, 5.74) is 7.57. The van der Waals surface area contributed by atoms with Crippen molar-refractivity contribution in [3.05, 3.63) is 167 Å². The van der Waals surface area contributed by atoms with Crippen LogP contribution < -0.4 is 37.2 Å². The monoisotopic (exact) mass is 550 g/mol. The molecule has 0 heterocycles. The van der Waals surface area contributed by atoms with E-state index in [1.165, 1.54) is 33.4 Å². The molecule has 0 N–H and O–H groups in total. The molecule has 1 aliphatic carbocycles. The summed E-state index contributed by atoms with van der Waals surface area (Å²) in [7, 11) is 0. The molecule has 5 rings (SSSR count). The van der Waals surface area contributed by atoms with Crippen LogP contribution in [0, 0.1) is 6.08 Å². The van der Waals surface area contributed by atoms with Crippen LogP contribution in [0.15, 0.2) is 139 Å². The molecule has 0 unspecified atom stereocenters. The summed E-state index contributed by atoms with van der Waals surface area (Å²) < 4.78 is 0. The first kappa shape index (κ1) is 31.0. The van der Waals surface area contributed by atoms with Gasteiger partial charge in [0.1, 0.15) is 0 Å². The number of allylic oxidation sites excluding steroid dienone is 4. The number of rotatable bonds is 6. The Hall–Kier alpha value is -2.06. The molecule has 4 aromatic carbocycles. The molecule has 0 aliphatic heterocycles. The van der Waals surface area contributed by atoms with Gasteiger partial charge in [0.15, 0.2) is 0 Å². The maximum Gasteiger partial charge on any atom is 4.00 e. The first-order valence-corrected chi connectivity index (χ1v) is 10.9. The Morgan fingerprint density at radius 2 is 0.914 bits per heavy atom. The molecule has 0 amide bonds. The van der Waals surface area contributed by atoms with Crippen LogP contribution in [0.3, 0.4) is 0 Å². The predicted molar refractivity (Wildman–Crippen MR) is 129 cm³/mol. The van der Waals surface area contributed by atoms with Crippen LogP contribution in [0.25, 0.3) is 0 Å². The molecule has 0 saturated heterocycles. The number of benzene rings is 4. The van der Waals surface area contributed by atoms with E-state index in [4.69, 9.17) is 0 Å². The molecule has 35 heavy (non-hydrogen) atoms. The van der Waals surface area contributed by atoms with E-state index in [0.717, 1.165) is 12.8 Å². The fourth-order valence-corrected chi connectivity index (χ4v) is 4.91. The largest absolute Gasteiger partial charge is 4.00 e. The van der Waals surface area contributed by atoms with Crippen LogP contribution in [0.4, 0.5) is 0 Å². The van der Waals surface area contributed by atoms with Crippen LogP contribution in [0.1, 0.15) is 28.7 Å². The molecule has 0 spiro atoms. The zero-order valence-electron chi connectivity index (χ0n) is 19.2. The van der Waals surface area contributed by atoms with Gasteiger partial charge in [-0.2, -0.15) is 11.6 Å². The molecule has 0 fully saturated rings. The van der Waals surface area contributed by atoms with Gasteiger partial charge in [-0.3, -0.25) is 6.08 Å². The van der Waals surface area contributed by atoms with Gasteiger partial charge in [-0.25, -0.2) is 5.57 Å². The van der Waals surface area contributed by atoms with Gasteiger partial charge in [0.05, 0.1) is 0 Å². The van der Waals surface area contributed by atoms with Crippen molar-refractivity contribution in [3.63, 3.8) is 0 Å². The Kier molecular flexibility index (Phi) is 12.8. The Balaban J connectivity index is 0.00000153. The number of hydrogen-bond donors (Lipinski definition) is 0. The molecule has 4 heteroatoms. The third-order valence-electron chi connectivity index (χ3n) is 6.24. The molecule has 0 saturated carbocycles. The van der Waals surface area contributed by atoms with Crippen molar-refractivity contribution < 1.29 is 58.9 Å². The third-order valence-corrected chi connectivity index (χ3v) is 6.24. The standard InChI is InChI=1S/C31H25.3ClH.Ti/c1-5-14-25(15-6-1)24-26-16-13-23-30(26)31(27-17-7-2-8-18-27,28-19-9-3-10-20-28)29-21-11-4-12-22-29;;;;/h1-15,17-22H,23-24H2;3*1H;/q-1;;;;+4/p-3. The van der Waals surface area contributed by atoms with Crippen molar-refractivity contribution >= 4 is 0 Å². The van der Waals surface area contributed by atoms with Gasteiger partial charge < -0.3 is 37.2 Å². The van der Waals surface area contributed by atoms with Crippen molar-refractivity contribution in [1.82, 2.24) is 0 Å². The van der Waals surface area contributed by atoms with Crippen molar-refractivity contribution in [1.29, 1.82) is 0 Å². The molecule has 0 atom stereocenters. The van der Waals surface area contributed by atoms with E-state index < -0.39 is 0 Å². The van der Waals surface area contributed by atoms with E-state index in [0.29, 0.717) is 0 Å². The molecular formula is C31H25Cl3Ti. The van der Waals surface area contributed by atoms with Gasteiger partial charge in [0.2, 0.25) is 0 Å². The molecule has 0 nitrogen and oxygen atoms in total. The summed E-state index contributed by atoms with van der Waals surface area (Å²) in [6, 6.07) is 43.6. The molecule has 4 aromatic rings. The van der Waals surface area contributed by atoms with Crippen molar-refractivity contribution in [2.24, 2.45) is 0 Å². The van der Waals surface area contributed by atoms with Gasteiger partial charge in [-0.15, -0.1) is 0 Å². The van der Waals surface area contributed by atoms with Crippen molar-refractivity contribution in [2.45, 2.75) is 18.3 Å². The second-order valence-electron chi connectivity index (χ2n) is 8.02. The second-order valence-corrected chi connectivity index (χ2v) is 8.02. The Bertz CT molecular complexity index is 1110. The average Bonchev–Trinajstić information content (AvgIpc) is 3.31. The minimum atomic E-state index is -0.353. The number of hydrogen-bond acceptors (Lipinski definition) is 0. The predicted octanol–water partition coefficient (Wildman–Crippen LogP) is -1.67. The average molecular weight is 552 g/mol. The van der Waals surface area contributed by atoms with E-state index in [9.17, 15) is 0 Å². The van der Waals surface area contributed by atoms with Gasteiger partial charge in [0.25, 0.3) is 0 Å². The van der Waals surface area contributed by atoms with Crippen LogP contribution in [-0.2, 0) is 33.6 Å². The fourth-order valence-electron chi connectivity index (χ4n) is 4.91. The summed E-state index contributed by atoms with van der Waals surface area (Å²) in [5.74, 6) is 0. The normalized spacial score (nSPS) is 12.0. The topological polar surface area (TPSA) is 0 Å². The molecule has 1 aliphatic rings. The van der Waals surface area contributed by atoms with E-state index in [-0.39, 0.29) is 64.4 Å².